The van der Waals surface area contributed by atoms with Crippen LogP contribution in [0.4, 0.5) is 0 Å². The molecule has 0 aromatic heterocycles. The summed E-state index contributed by atoms with van der Waals surface area (Å²) in [5.74, 6) is -0.189. The van der Waals surface area contributed by atoms with E-state index in [9.17, 15) is 15.0 Å². The van der Waals surface area contributed by atoms with Crippen molar-refractivity contribution in [2.45, 2.75) is 19.4 Å². The van der Waals surface area contributed by atoms with Crippen LogP contribution in [0.5, 0.6) is 5.75 Å². The molecule has 2 N–H and O–H groups in total. The van der Waals surface area contributed by atoms with Gasteiger partial charge in [-0.1, -0.05) is 19.1 Å². The van der Waals surface area contributed by atoms with Crippen LogP contribution in [0, 0.1) is 5.92 Å². The Balaban J connectivity index is 2.61. The van der Waals surface area contributed by atoms with Crippen LogP contribution < -0.4 is 0 Å². The van der Waals surface area contributed by atoms with Crippen LogP contribution >= 0.6 is 0 Å². The lowest BCUT2D eigenvalue weighted by Gasteiger charge is -2.26. The van der Waals surface area contributed by atoms with Gasteiger partial charge in [0.25, 0.3) is 0 Å². The van der Waals surface area contributed by atoms with Gasteiger partial charge in [0.05, 0.1) is 11.7 Å². The third kappa shape index (κ3) is 1.21. The molecule has 0 heterocycles. The first kappa shape index (κ1) is 9.21. The second-order valence-electron chi connectivity index (χ2n) is 3.79. The average molecular weight is 192 g/mol. The minimum atomic E-state index is -0.644. The molecule has 1 aliphatic rings. The van der Waals surface area contributed by atoms with E-state index in [1.807, 2.05) is 6.92 Å². The fourth-order valence-electron chi connectivity index (χ4n) is 1.92. The number of benzene rings is 1. The molecule has 1 aromatic rings. The number of carbonyl (C=O) groups is 1. The molecule has 74 valence electrons. The van der Waals surface area contributed by atoms with E-state index < -0.39 is 6.10 Å². The number of aliphatic hydroxyl groups excluding tert-OH is 1. The summed E-state index contributed by atoms with van der Waals surface area (Å²) in [6.07, 6.45) is -0.346. The summed E-state index contributed by atoms with van der Waals surface area (Å²) in [5, 5.41) is 19.3. The van der Waals surface area contributed by atoms with Gasteiger partial charge < -0.3 is 10.2 Å². The Morgan fingerprint density at radius 3 is 2.86 bits per heavy atom. The van der Waals surface area contributed by atoms with Crippen molar-refractivity contribution in [2.24, 2.45) is 5.92 Å². The first-order chi connectivity index (χ1) is 6.61. The Morgan fingerprint density at radius 2 is 2.14 bits per heavy atom. The molecule has 0 spiro atoms. The fourth-order valence-corrected chi connectivity index (χ4v) is 1.92. The van der Waals surface area contributed by atoms with E-state index in [0.717, 1.165) is 0 Å². The van der Waals surface area contributed by atoms with Crippen LogP contribution in [-0.4, -0.2) is 16.0 Å². The highest BCUT2D eigenvalue weighted by atomic mass is 16.3. The minimum Gasteiger partial charge on any atom is -0.507 e. The topological polar surface area (TPSA) is 57.5 Å². The van der Waals surface area contributed by atoms with Crippen molar-refractivity contribution < 1.29 is 15.0 Å². The van der Waals surface area contributed by atoms with Gasteiger partial charge in [0.1, 0.15) is 5.75 Å². The zero-order chi connectivity index (χ0) is 10.3. The normalized spacial score (nSPS) is 26.0. The first-order valence-electron chi connectivity index (χ1n) is 4.64. The molecule has 0 fully saturated rings. The molecule has 2 atom stereocenters. The molecule has 14 heavy (non-hydrogen) atoms. The molecule has 1 aliphatic carbocycles. The number of carbonyl (C=O) groups excluding carboxylic acids is 1. The monoisotopic (exact) mass is 192 g/mol. The van der Waals surface area contributed by atoms with Crippen LogP contribution in [0.3, 0.4) is 0 Å². The molecule has 0 radical (unpaired) electrons. The summed E-state index contributed by atoms with van der Waals surface area (Å²) >= 11 is 0. The molecule has 0 bridgehead atoms. The Hall–Kier alpha value is -1.35. The number of aromatic hydroxyl groups is 1. The first-order valence-corrected chi connectivity index (χ1v) is 4.64. The van der Waals surface area contributed by atoms with E-state index in [-0.39, 0.29) is 23.0 Å². The van der Waals surface area contributed by atoms with Crippen molar-refractivity contribution in [1.29, 1.82) is 0 Å². The SMILES string of the molecule is C[C@H]1CC(=O)c2c(O)cccc2[C@H]1O. The van der Waals surface area contributed by atoms with E-state index in [1.165, 1.54) is 6.07 Å². The summed E-state index contributed by atoms with van der Waals surface area (Å²) in [7, 11) is 0. The molecule has 3 heteroatoms. The van der Waals surface area contributed by atoms with Gasteiger partial charge in [-0.2, -0.15) is 0 Å². The molecular weight excluding hydrogens is 180 g/mol. The number of Topliss-reactive ketones (excluding diaryl/α,β-unsaturated/α-hetero) is 1. The lowest BCUT2D eigenvalue weighted by Crippen LogP contribution is -2.22. The van der Waals surface area contributed by atoms with E-state index in [0.29, 0.717) is 12.0 Å². The Bertz CT molecular complexity index is 384. The lowest BCUT2D eigenvalue weighted by molar-refractivity contribution is 0.0746. The summed E-state index contributed by atoms with van der Waals surface area (Å²) < 4.78 is 0. The molecular formula is C11H12O3. The average Bonchev–Trinajstić information content (AvgIpc) is 2.14. The summed E-state index contributed by atoms with van der Waals surface area (Å²) in [6.45, 7) is 1.83. The smallest absolute Gasteiger partial charge is 0.167 e. The number of ketones is 1. The largest absolute Gasteiger partial charge is 0.507 e. The maximum Gasteiger partial charge on any atom is 0.167 e. The summed E-state index contributed by atoms with van der Waals surface area (Å²) in [5.41, 5.74) is 0.840. The Kier molecular flexibility index (Phi) is 2.04. The van der Waals surface area contributed by atoms with E-state index >= 15 is 0 Å². The van der Waals surface area contributed by atoms with Gasteiger partial charge in [-0.05, 0) is 17.5 Å². The van der Waals surface area contributed by atoms with Crippen molar-refractivity contribution in [3.05, 3.63) is 29.3 Å². The summed E-state index contributed by atoms with van der Waals surface area (Å²) in [6, 6.07) is 4.80. The maximum absolute atomic E-state index is 11.6. The second-order valence-corrected chi connectivity index (χ2v) is 3.79. The van der Waals surface area contributed by atoms with Crippen molar-refractivity contribution in [3.63, 3.8) is 0 Å². The Labute approximate surface area is 82.0 Å². The number of aliphatic hydroxyl groups is 1. The highest BCUT2D eigenvalue weighted by Crippen LogP contribution is 2.37. The van der Waals surface area contributed by atoms with Crippen LogP contribution in [0.25, 0.3) is 0 Å². The highest BCUT2D eigenvalue weighted by molar-refractivity contribution is 6.01. The van der Waals surface area contributed by atoms with Gasteiger partial charge in [-0.3, -0.25) is 4.79 Å². The van der Waals surface area contributed by atoms with Crippen LogP contribution in [0.1, 0.15) is 35.4 Å². The molecule has 1 aromatic carbocycles. The molecule has 2 rings (SSSR count). The van der Waals surface area contributed by atoms with Gasteiger partial charge in [0.15, 0.2) is 5.78 Å². The zero-order valence-corrected chi connectivity index (χ0v) is 7.90. The van der Waals surface area contributed by atoms with Gasteiger partial charge >= 0.3 is 0 Å². The van der Waals surface area contributed by atoms with E-state index in [1.54, 1.807) is 12.1 Å². The number of fused-ring (bicyclic) bond motifs is 1. The number of phenolic OH excluding ortho intramolecular Hbond substituents is 1. The second kappa shape index (κ2) is 3.10. The molecule has 0 unspecified atom stereocenters. The zero-order valence-electron chi connectivity index (χ0n) is 7.90. The van der Waals surface area contributed by atoms with Gasteiger partial charge in [0, 0.05) is 6.42 Å². The third-order valence-corrected chi connectivity index (χ3v) is 2.72. The van der Waals surface area contributed by atoms with Crippen molar-refractivity contribution in [2.75, 3.05) is 0 Å². The number of phenols is 1. The number of rotatable bonds is 0. The summed E-state index contributed by atoms with van der Waals surface area (Å²) in [4.78, 5) is 11.6. The predicted octanol–water partition coefficient (Wildman–Crippen LogP) is 1.65. The molecule has 0 aliphatic heterocycles. The number of hydrogen-bond donors (Lipinski definition) is 2. The quantitative estimate of drug-likeness (QED) is 0.657. The van der Waals surface area contributed by atoms with Crippen LogP contribution in [0.15, 0.2) is 18.2 Å². The molecule has 0 saturated heterocycles. The van der Waals surface area contributed by atoms with Crippen LogP contribution in [-0.2, 0) is 0 Å². The van der Waals surface area contributed by atoms with Gasteiger partial charge in [-0.25, -0.2) is 0 Å². The van der Waals surface area contributed by atoms with Gasteiger partial charge in [0.2, 0.25) is 0 Å². The number of hydrogen-bond acceptors (Lipinski definition) is 3. The van der Waals surface area contributed by atoms with Crippen molar-refractivity contribution >= 4 is 5.78 Å². The van der Waals surface area contributed by atoms with Crippen LogP contribution in [0.2, 0.25) is 0 Å². The highest BCUT2D eigenvalue weighted by Gasteiger charge is 2.31. The molecule has 0 amide bonds. The predicted molar refractivity (Wildman–Crippen MR) is 51.2 cm³/mol. The van der Waals surface area contributed by atoms with Crippen molar-refractivity contribution in [3.8, 4) is 5.75 Å². The van der Waals surface area contributed by atoms with E-state index in [4.69, 9.17) is 0 Å². The van der Waals surface area contributed by atoms with Gasteiger partial charge in [-0.15, -0.1) is 0 Å². The van der Waals surface area contributed by atoms with E-state index in [2.05, 4.69) is 0 Å². The maximum atomic E-state index is 11.6. The molecule has 3 nitrogen and oxygen atoms in total. The Morgan fingerprint density at radius 1 is 1.43 bits per heavy atom. The fraction of sp³-hybridized carbons (Fsp3) is 0.364. The standard InChI is InChI=1S/C11H12O3/c1-6-5-9(13)10-7(11(6)14)3-2-4-8(10)12/h2-4,6,11-12,14H,5H2,1H3/t6-,11-/m0/s1. The third-order valence-electron chi connectivity index (χ3n) is 2.72. The van der Waals surface area contributed by atoms with Crippen molar-refractivity contribution in [1.82, 2.24) is 0 Å². The lowest BCUT2D eigenvalue weighted by atomic mass is 9.81. The minimum absolute atomic E-state index is 0.0292. The molecule has 0 saturated carbocycles.